The molecule has 1 saturated heterocycles. The number of halogens is 2. The van der Waals surface area contributed by atoms with Crippen LogP contribution in [-0.2, 0) is 0 Å². The van der Waals surface area contributed by atoms with Crippen LogP contribution in [0, 0.1) is 17.8 Å². The Morgan fingerprint density at radius 3 is 2.55 bits per heavy atom. The summed E-state index contributed by atoms with van der Waals surface area (Å²) in [4.78, 5) is 22.3. The van der Waals surface area contributed by atoms with Gasteiger partial charge in [0.15, 0.2) is 0 Å². The standard InChI is InChI=1S/C28H23Cl2N5O5/c1-38-25-16(3-2-4-17(25)27(36)37)26-32-28(34-40-26)35-11-18-14(19(18)12-35)7-8-15-23(33-39-24(15)13-5-6-13)22-20(29)9-31-10-21(22)30/h2-4,7-10,13-14,18-19H,5-6,11-12H2,1H3,(H,36,37)/b8-7+. The first-order valence-corrected chi connectivity index (χ1v) is 13.7. The molecule has 0 radical (unpaired) electrons. The first kappa shape index (κ1) is 25.1. The molecule has 2 saturated carbocycles. The summed E-state index contributed by atoms with van der Waals surface area (Å²) in [5.41, 5.74) is 2.68. The van der Waals surface area contributed by atoms with Crippen molar-refractivity contribution in [3.63, 3.8) is 0 Å². The highest BCUT2D eigenvalue weighted by molar-refractivity contribution is 6.39. The Labute approximate surface area is 238 Å². The Hall–Kier alpha value is -3.89. The molecule has 0 spiro atoms. The molecule has 40 heavy (non-hydrogen) atoms. The van der Waals surface area contributed by atoms with Gasteiger partial charge in [0, 0.05) is 42.5 Å². The first-order chi connectivity index (χ1) is 19.4. The van der Waals surface area contributed by atoms with Gasteiger partial charge in [-0.1, -0.05) is 46.6 Å². The number of methoxy groups -OCH3 is 1. The van der Waals surface area contributed by atoms with E-state index < -0.39 is 5.97 Å². The van der Waals surface area contributed by atoms with Gasteiger partial charge in [-0.05, 0) is 47.9 Å². The Morgan fingerprint density at radius 2 is 1.88 bits per heavy atom. The quantitative estimate of drug-likeness (QED) is 0.262. The summed E-state index contributed by atoms with van der Waals surface area (Å²) in [6, 6.07) is 4.80. The van der Waals surface area contributed by atoms with Crippen molar-refractivity contribution in [2.24, 2.45) is 17.8 Å². The van der Waals surface area contributed by atoms with E-state index in [9.17, 15) is 9.90 Å². The van der Waals surface area contributed by atoms with E-state index in [0.717, 1.165) is 37.3 Å². The average molecular weight is 580 g/mol. The SMILES string of the molecule is COc1c(C(=O)O)cccc1-c1nc(N2CC3C(/C=C/c4c(-c5c(Cl)cncc5Cl)noc4C4CC4)C3C2)no1. The third-order valence-corrected chi connectivity index (χ3v) is 8.49. The van der Waals surface area contributed by atoms with E-state index in [4.69, 9.17) is 37.0 Å². The molecule has 1 aromatic carbocycles. The van der Waals surface area contributed by atoms with Crippen LogP contribution < -0.4 is 9.64 Å². The second-order valence-corrected chi connectivity index (χ2v) is 11.1. The minimum absolute atomic E-state index is 0.0334. The lowest BCUT2D eigenvalue weighted by Crippen LogP contribution is -2.24. The van der Waals surface area contributed by atoms with Gasteiger partial charge in [-0.25, -0.2) is 4.79 Å². The van der Waals surface area contributed by atoms with Crippen molar-refractivity contribution in [2.45, 2.75) is 18.8 Å². The minimum atomic E-state index is -1.09. The van der Waals surface area contributed by atoms with Gasteiger partial charge >= 0.3 is 5.97 Å². The molecule has 2 atom stereocenters. The van der Waals surface area contributed by atoms with E-state index in [1.165, 1.54) is 13.2 Å². The van der Waals surface area contributed by atoms with Crippen molar-refractivity contribution < 1.29 is 23.7 Å². The number of aromatic carboxylic acids is 1. The topological polar surface area (TPSA) is 128 Å². The number of carbonyl (C=O) groups is 1. The lowest BCUT2D eigenvalue weighted by molar-refractivity contribution is 0.0693. The summed E-state index contributed by atoms with van der Waals surface area (Å²) in [5.74, 6) is 2.38. The van der Waals surface area contributed by atoms with E-state index in [1.807, 2.05) is 0 Å². The summed E-state index contributed by atoms with van der Waals surface area (Å²) in [5, 5.41) is 18.8. The van der Waals surface area contributed by atoms with Crippen LogP contribution in [-0.4, -0.2) is 51.6 Å². The van der Waals surface area contributed by atoms with E-state index in [2.05, 4.69) is 37.3 Å². The summed E-state index contributed by atoms with van der Waals surface area (Å²) in [6.45, 7) is 1.58. The summed E-state index contributed by atoms with van der Waals surface area (Å²) < 4.78 is 16.6. The number of nitrogens with zero attached hydrogens (tertiary/aromatic N) is 5. The number of anilines is 1. The van der Waals surface area contributed by atoms with Gasteiger partial charge in [0.05, 0.1) is 22.7 Å². The van der Waals surface area contributed by atoms with Crippen LogP contribution in [0.5, 0.6) is 5.75 Å². The molecule has 0 amide bonds. The van der Waals surface area contributed by atoms with E-state index >= 15 is 0 Å². The highest BCUT2D eigenvalue weighted by atomic mass is 35.5. The van der Waals surface area contributed by atoms with Crippen LogP contribution in [0.3, 0.4) is 0 Å². The second-order valence-electron chi connectivity index (χ2n) is 10.3. The van der Waals surface area contributed by atoms with E-state index in [0.29, 0.717) is 56.5 Å². The lowest BCUT2D eigenvalue weighted by atomic mass is 10.0. The second kappa shape index (κ2) is 9.64. The maximum absolute atomic E-state index is 11.6. The normalized spacial score (nSPS) is 21.7. The van der Waals surface area contributed by atoms with Crippen molar-refractivity contribution in [2.75, 3.05) is 25.1 Å². The van der Waals surface area contributed by atoms with Crippen LogP contribution >= 0.6 is 23.2 Å². The number of hydrogen-bond acceptors (Lipinski definition) is 9. The number of fused-ring (bicyclic) bond motifs is 1. The number of allylic oxidation sites excluding steroid dienone is 1. The highest BCUT2D eigenvalue weighted by Crippen LogP contribution is 2.54. The average Bonchev–Trinajstić information content (AvgIpc) is 3.68. The van der Waals surface area contributed by atoms with Crippen LogP contribution in [0.25, 0.3) is 28.8 Å². The zero-order chi connectivity index (χ0) is 27.5. The molecule has 1 N–H and O–H groups in total. The van der Waals surface area contributed by atoms with Crippen LogP contribution in [0.2, 0.25) is 10.0 Å². The number of rotatable bonds is 8. The fourth-order valence-corrected chi connectivity index (χ4v) is 6.25. The molecular weight excluding hydrogens is 557 g/mol. The number of ether oxygens (including phenoxy) is 1. The molecule has 2 aliphatic carbocycles. The predicted molar refractivity (Wildman–Crippen MR) is 147 cm³/mol. The number of para-hydroxylation sites is 1. The van der Waals surface area contributed by atoms with E-state index in [-0.39, 0.29) is 17.2 Å². The monoisotopic (exact) mass is 579 g/mol. The van der Waals surface area contributed by atoms with Crippen molar-refractivity contribution in [1.29, 1.82) is 0 Å². The number of hydrogen-bond donors (Lipinski definition) is 1. The Morgan fingerprint density at radius 1 is 1.12 bits per heavy atom. The number of carboxylic acids is 1. The lowest BCUT2D eigenvalue weighted by Gasteiger charge is -2.16. The first-order valence-electron chi connectivity index (χ1n) is 12.9. The van der Waals surface area contributed by atoms with Crippen molar-refractivity contribution in [3.05, 3.63) is 63.6 Å². The molecule has 3 aromatic heterocycles. The van der Waals surface area contributed by atoms with Gasteiger partial charge in [0.1, 0.15) is 22.8 Å². The Kier molecular flexibility index (Phi) is 6.05. The van der Waals surface area contributed by atoms with Gasteiger partial charge in [0.2, 0.25) is 0 Å². The molecule has 4 aromatic rings. The molecule has 1 aliphatic heterocycles. The molecule has 3 aliphatic rings. The van der Waals surface area contributed by atoms with Crippen molar-refractivity contribution in [1.82, 2.24) is 20.3 Å². The predicted octanol–water partition coefficient (Wildman–Crippen LogP) is 6.07. The summed E-state index contributed by atoms with van der Waals surface area (Å²) >= 11 is 12.9. The molecule has 2 unspecified atom stereocenters. The van der Waals surface area contributed by atoms with Gasteiger partial charge in [-0.15, -0.1) is 0 Å². The van der Waals surface area contributed by atoms with E-state index in [1.54, 1.807) is 24.5 Å². The molecule has 3 fully saturated rings. The zero-order valence-electron chi connectivity index (χ0n) is 21.3. The molecule has 0 bridgehead atoms. The van der Waals surface area contributed by atoms with Gasteiger partial charge in [-0.3, -0.25) is 4.98 Å². The maximum atomic E-state index is 11.6. The number of pyridine rings is 1. The molecule has 10 nitrogen and oxygen atoms in total. The molecule has 204 valence electrons. The van der Waals surface area contributed by atoms with Gasteiger partial charge in [0.25, 0.3) is 11.8 Å². The van der Waals surface area contributed by atoms with Gasteiger partial charge < -0.3 is 23.8 Å². The summed E-state index contributed by atoms with van der Waals surface area (Å²) in [7, 11) is 1.42. The molecule has 7 rings (SSSR count). The summed E-state index contributed by atoms with van der Waals surface area (Å²) in [6.07, 6.45) is 9.62. The third kappa shape index (κ3) is 4.22. The number of aromatic nitrogens is 4. The smallest absolute Gasteiger partial charge is 0.339 e. The fraction of sp³-hybridized carbons (Fsp3) is 0.321. The molecule has 12 heteroatoms. The van der Waals surface area contributed by atoms with Crippen molar-refractivity contribution in [3.8, 4) is 28.5 Å². The molecular formula is C28H23Cl2N5O5. The van der Waals surface area contributed by atoms with Gasteiger partial charge in [-0.2, -0.15) is 4.98 Å². The highest BCUT2D eigenvalue weighted by Gasteiger charge is 2.55. The van der Waals surface area contributed by atoms with Crippen LogP contribution in [0.4, 0.5) is 5.95 Å². The molecule has 4 heterocycles. The fourth-order valence-electron chi connectivity index (χ4n) is 5.70. The Bertz CT molecular complexity index is 1630. The number of benzene rings is 1. The minimum Gasteiger partial charge on any atom is -0.495 e. The van der Waals surface area contributed by atoms with Crippen LogP contribution in [0.15, 0.2) is 45.7 Å². The Balaban J connectivity index is 1.08. The maximum Gasteiger partial charge on any atom is 0.339 e. The largest absolute Gasteiger partial charge is 0.495 e. The van der Waals surface area contributed by atoms with Crippen molar-refractivity contribution >= 4 is 41.2 Å². The zero-order valence-corrected chi connectivity index (χ0v) is 22.8. The van der Waals surface area contributed by atoms with Crippen LogP contribution in [0.1, 0.15) is 40.4 Å². The number of piperidine rings is 1. The number of carboxylic acid groups (broad SMARTS) is 1. The third-order valence-electron chi connectivity index (χ3n) is 7.92.